The van der Waals surface area contributed by atoms with E-state index in [9.17, 15) is 0 Å². The van der Waals surface area contributed by atoms with Gasteiger partial charge in [0.2, 0.25) is 0 Å². The van der Waals surface area contributed by atoms with Crippen molar-refractivity contribution in [2.45, 2.75) is 26.4 Å². The minimum Gasteiger partial charge on any atom is -0.489 e. The number of nitrogens with zero attached hydrogens (tertiary/aromatic N) is 1. The number of aryl methyl sites for hydroxylation is 1. The van der Waals surface area contributed by atoms with Crippen molar-refractivity contribution in [3.05, 3.63) is 65.2 Å². The second-order valence-electron chi connectivity index (χ2n) is 4.39. The van der Waals surface area contributed by atoms with Gasteiger partial charge >= 0.3 is 0 Å². The number of ether oxygens (including phenoxy) is 1. The maximum Gasteiger partial charge on any atom is 0.119 e. The Bertz CT molecular complexity index is 567. The van der Waals surface area contributed by atoms with Crippen LogP contribution in [-0.4, -0.2) is 0 Å². The third-order valence-electron chi connectivity index (χ3n) is 3.11. The molecule has 96 valence electrons. The molecule has 0 aliphatic carbocycles. The Balaban J connectivity index is 2.03. The number of benzene rings is 2. The predicted molar refractivity (Wildman–Crippen MR) is 75.9 cm³/mol. The highest BCUT2D eigenvalue weighted by Crippen LogP contribution is 2.16. The van der Waals surface area contributed by atoms with E-state index in [1.165, 1.54) is 5.56 Å². The van der Waals surface area contributed by atoms with Gasteiger partial charge in [0.05, 0.1) is 12.5 Å². The van der Waals surface area contributed by atoms with Gasteiger partial charge < -0.3 is 4.74 Å². The van der Waals surface area contributed by atoms with Gasteiger partial charge in [-0.3, -0.25) is 0 Å². The highest BCUT2D eigenvalue weighted by atomic mass is 16.5. The van der Waals surface area contributed by atoms with Crippen LogP contribution in [0.4, 0.5) is 0 Å². The van der Waals surface area contributed by atoms with Crippen molar-refractivity contribution in [3.63, 3.8) is 0 Å². The van der Waals surface area contributed by atoms with Crippen LogP contribution in [0.2, 0.25) is 0 Å². The molecule has 0 atom stereocenters. The molecule has 0 saturated heterocycles. The first-order valence-corrected chi connectivity index (χ1v) is 6.49. The Hall–Kier alpha value is -2.27. The molecule has 0 bridgehead atoms. The van der Waals surface area contributed by atoms with E-state index < -0.39 is 0 Å². The average Bonchev–Trinajstić information content (AvgIpc) is 2.47. The molecular weight excluding hydrogens is 234 g/mol. The first kappa shape index (κ1) is 13.2. The van der Waals surface area contributed by atoms with Gasteiger partial charge in [-0.1, -0.05) is 43.3 Å². The monoisotopic (exact) mass is 251 g/mol. The summed E-state index contributed by atoms with van der Waals surface area (Å²) in [5, 5.41) is 8.80. The van der Waals surface area contributed by atoms with Crippen LogP contribution in [0.1, 0.15) is 23.6 Å². The summed E-state index contributed by atoms with van der Waals surface area (Å²) in [4.78, 5) is 0. The summed E-state index contributed by atoms with van der Waals surface area (Å²) in [7, 11) is 0. The van der Waals surface area contributed by atoms with Crippen molar-refractivity contribution in [2.24, 2.45) is 0 Å². The Morgan fingerprint density at radius 3 is 2.32 bits per heavy atom. The molecule has 0 N–H and O–H groups in total. The van der Waals surface area contributed by atoms with Crippen molar-refractivity contribution in [3.8, 4) is 11.8 Å². The van der Waals surface area contributed by atoms with Gasteiger partial charge in [0.1, 0.15) is 12.4 Å². The molecule has 2 heteroatoms. The summed E-state index contributed by atoms with van der Waals surface area (Å²) in [6.45, 7) is 2.64. The molecule has 2 nitrogen and oxygen atoms in total. The molecule has 0 spiro atoms. The Labute approximate surface area is 114 Å². The quantitative estimate of drug-likeness (QED) is 0.807. The topological polar surface area (TPSA) is 33.0 Å². The SMILES string of the molecule is CCc1ccc(OCc2ccccc2CC#N)cc1. The number of hydrogen-bond acceptors (Lipinski definition) is 2. The standard InChI is InChI=1S/C17H17NO/c1-2-14-7-9-17(10-8-14)19-13-16-6-4-3-5-15(16)11-12-18/h3-10H,2,11,13H2,1H3. The third kappa shape index (κ3) is 3.59. The lowest BCUT2D eigenvalue weighted by atomic mass is 10.1. The molecule has 0 heterocycles. The number of rotatable bonds is 5. The van der Waals surface area contributed by atoms with Crippen molar-refractivity contribution in [2.75, 3.05) is 0 Å². The Morgan fingerprint density at radius 1 is 1.00 bits per heavy atom. The van der Waals surface area contributed by atoms with Crippen LogP contribution in [0.3, 0.4) is 0 Å². The fraction of sp³-hybridized carbons (Fsp3) is 0.235. The summed E-state index contributed by atoms with van der Waals surface area (Å²) in [5.41, 5.74) is 3.41. The lowest BCUT2D eigenvalue weighted by Crippen LogP contribution is -1.99. The molecule has 19 heavy (non-hydrogen) atoms. The second-order valence-corrected chi connectivity index (χ2v) is 4.39. The normalized spacial score (nSPS) is 9.89. The van der Waals surface area contributed by atoms with Gasteiger partial charge in [-0.15, -0.1) is 0 Å². The van der Waals surface area contributed by atoms with Gasteiger partial charge in [0.15, 0.2) is 0 Å². The minimum absolute atomic E-state index is 0.425. The molecule has 0 aromatic heterocycles. The molecule has 2 aromatic rings. The van der Waals surface area contributed by atoms with Gasteiger partial charge in [0.25, 0.3) is 0 Å². The first-order valence-electron chi connectivity index (χ1n) is 6.49. The summed E-state index contributed by atoms with van der Waals surface area (Å²) in [6.07, 6.45) is 1.46. The van der Waals surface area contributed by atoms with E-state index in [4.69, 9.17) is 10.00 Å². The van der Waals surface area contributed by atoms with Crippen LogP contribution in [0, 0.1) is 11.3 Å². The largest absolute Gasteiger partial charge is 0.489 e. The van der Waals surface area contributed by atoms with E-state index in [2.05, 4.69) is 25.1 Å². The van der Waals surface area contributed by atoms with Crippen molar-refractivity contribution in [1.82, 2.24) is 0 Å². The number of hydrogen-bond donors (Lipinski definition) is 0. The van der Waals surface area contributed by atoms with Gasteiger partial charge in [0, 0.05) is 0 Å². The van der Waals surface area contributed by atoms with Crippen molar-refractivity contribution >= 4 is 0 Å². The van der Waals surface area contributed by atoms with Crippen LogP contribution >= 0.6 is 0 Å². The van der Waals surface area contributed by atoms with E-state index >= 15 is 0 Å². The summed E-state index contributed by atoms with van der Waals surface area (Å²) >= 11 is 0. The molecule has 0 unspecified atom stereocenters. The molecule has 2 aromatic carbocycles. The van der Waals surface area contributed by atoms with E-state index in [0.717, 1.165) is 23.3 Å². The van der Waals surface area contributed by atoms with Gasteiger partial charge in [-0.05, 0) is 35.2 Å². The smallest absolute Gasteiger partial charge is 0.119 e. The second kappa shape index (κ2) is 6.61. The van der Waals surface area contributed by atoms with Gasteiger partial charge in [-0.25, -0.2) is 0 Å². The van der Waals surface area contributed by atoms with E-state index in [0.29, 0.717) is 13.0 Å². The molecule has 0 fully saturated rings. The Kier molecular flexibility index (Phi) is 4.58. The zero-order chi connectivity index (χ0) is 13.5. The van der Waals surface area contributed by atoms with Crippen LogP contribution in [0.15, 0.2) is 48.5 Å². The molecule has 0 aliphatic rings. The first-order chi connectivity index (χ1) is 9.33. The lowest BCUT2D eigenvalue weighted by Gasteiger charge is -2.09. The maximum atomic E-state index is 8.80. The van der Waals surface area contributed by atoms with Crippen molar-refractivity contribution in [1.29, 1.82) is 5.26 Å². The molecule has 0 amide bonds. The molecule has 2 rings (SSSR count). The number of nitriles is 1. The van der Waals surface area contributed by atoms with Crippen molar-refractivity contribution < 1.29 is 4.74 Å². The molecule has 0 saturated carbocycles. The molecule has 0 radical (unpaired) electrons. The van der Waals surface area contributed by atoms with Crippen LogP contribution in [0.5, 0.6) is 5.75 Å². The predicted octanol–water partition coefficient (Wildman–Crippen LogP) is 3.89. The molecular formula is C17H17NO. The highest BCUT2D eigenvalue weighted by molar-refractivity contribution is 5.31. The third-order valence-corrected chi connectivity index (χ3v) is 3.11. The highest BCUT2D eigenvalue weighted by Gasteiger charge is 2.02. The van der Waals surface area contributed by atoms with E-state index in [1.54, 1.807) is 0 Å². The van der Waals surface area contributed by atoms with Gasteiger partial charge in [-0.2, -0.15) is 5.26 Å². The fourth-order valence-corrected chi connectivity index (χ4v) is 1.94. The molecule has 0 aliphatic heterocycles. The average molecular weight is 251 g/mol. The van der Waals surface area contributed by atoms with E-state index in [-0.39, 0.29) is 0 Å². The zero-order valence-electron chi connectivity index (χ0n) is 11.1. The lowest BCUT2D eigenvalue weighted by molar-refractivity contribution is 0.305. The minimum atomic E-state index is 0.425. The van der Waals surface area contributed by atoms with Crippen LogP contribution in [-0.2, 0) is 19.4 Å². The fourth-order valence-electron chi connectivity index (χ4n) is 1.94. The van der Waals surface area contributed by atoms with Crippen LogP contribution < -0.4 is 4.74 Å². The Morgan fingerprint density at radius 2 is 1.68 bits per heavy atom. The zero-order valence-corrected chi connectivity index (χ0v) is 11.1. The summed E-state index contributed by atoms with van der Waals surface area (Å²) in [6, 6.07) is 18.2. The summed E-state index contributed by atoms with van der Waals surface area (Å²) in [5.74, 6) is 0.865. The summed E-state index contributed by atoms with van der Waals surface area (Å²) < 4.78 is 5.77. The van der Waals surface area contributed by atoms with Crippen LogP contribution in [0.25, 0.3) is 0 Å². The van der Waals surface area contributed by atoms with E-state index in [1.807, 2.05) is 36.4 Å². The maximum absolute atomic E-state index is 8.80.